The molecule has 1 unspecified atom stereocenters. The van der Waals surface area contributed by atoms with Crippen molar-refractivity contribution in [2.45, 2.75) is 26.8 Å². The number of para-hydroxylation sites is 1. The first-order chi connectivity index (χ1) is 9.84. The summed E-state index contributed by atoms with van der Waals surface area (Å²) in [5, 5.41) is 20.1. The van der Waals surface area contributed by atoms with E-state index in [0.717, 1.165) is 0 Å². The maximum absolute atomic E-state index is 12.2. The van der Waals surface area contributed by atoms with Gasteiger partial charge >= 0.3 is 0 Å². The Morgan fingerprint density at radius 3 is 2.43 bits per heavy atom. The van der Waals surface area contributed by atoms with Gasteiger partial charge in [-0.05, 0) is 18.9 Å². The molecule has 5 nitrogen and oxygen atoms in total. The summed E-state index contributed by atoms with van der Waals surface area (Å²) in [5.41, 5.74) is 0.489. The monoisotopic (exact) mass is 289 g/mol. The standard InChI is InChI=1S/C16H19NO4/c1-9(2)8-17-14(11-6-4-5-7-12(11)19)13(10(3)18)15(20)16(17)21/h4-7,9,14,19-20H,8H2,1-3H3. The van der Waals surface area contributed by atoms with Crippen molar-refractivity contribution in [3.8, 4) is 5.75 Å². The maximum atomic E-state index is 12.2. The van der Waals surface area contributed by atoms with Gasteiger partial charge in [0, 0.05) is 12.1 Å². The van der Waals surface area contributed by atoms with Gasteiger partial charge in [0.25, 0.3) is 5.91 Å². The van der Waals surface area contributed by atoms with Crippen LogP contribution in [-0.4, -0.2) is 33.3 Å². The largest absolute Gasteiger partial charge is 0.508 e. The summed E-state index contributed by atoms with van der Waals surface area (Å²) in [6, 6.07) is 5.81. The summed E-state index contributed by atoms with van der Waals surface area (Å²) >= 11 is 0. The summed E-state index contributed by atoms with van der Waals surface area (Å²) in [6.45, 7) is 5.58. The Morgan fingerprint density at radius 2 is 1.90 bits per heavy atom. The van der Waals surface area contributed by atoms with E-state index in [2.05, 4.69) is 0 Å². The van der Waals surface area contributed by atoms with Crippen LogP contribution in [-0.2, 0) is 9.59 Å². The molecule has 2 rings (SSSR count). The van der Waals surface area contributed by atoms with Gasteiger partial charge in [0.05, 0.1) is 11.6 Å². The zero-order valence-electron chi connectivity index (χ0n) is 12.3. The number of phenolic OH excluding ortho intramolecular Hbond substituents is 1. The summed E-state index contributed by atoms with van der Waals surface area (Å²) in [6.07, 6.45) is 0. The number of phenols is 1. The average Bonchev–Trinajstić information content (AvgIpc) is 2.63. The number of Topliss-reactive ketones (excluding diaryl/α,β-unsaturated/α-hetero) is 1. The fourth-order valence-corrected chi connectivity index (χ4v) is 2.64. The van der Waals surface area contributed by atoms with Crippen LogP contribution in [0.3, 0.4) is 0 Å². The molecule has 1 aliphatic rings. The second-order valence-corrected chi connectivity index (χ2v) is 5.63. The molecule has 112 valence electrons. The molecule has 1 aliphatic heterocycles. The lowest BCUT2D eigenvalue weighted by atomic mass is 9.95. The molecule has 0 aliphatic carbocycles. The van der Waals surface area contributed by atoms with E-state index in [9.17, 15) is 19.8 Å². The van der Waals surface area contributed by atoms with E-state index >= 15 is 0 Å². The van der Waals surface area contributed by atoms with E-state index in [4.69, 9.17) is 0 Å². The van der Waals surface area contributed by atoms with Crippen molar-refractivity contribution in [3.05, 3.63) is 41.2 Å². The van der Waals surface area contributed by atoms with Crippen LogP contribution in [0.5, 0.6) is 5.75 Å². The van der Waals surface area contributed by atoms with Gasteiger partial charge in [-0.15, -0.1) is 0 Å². The van der Waals surface area contributed by atoms with Crippen LogP contribution in [0.15, 0.2) is 35.6 Å². The third-order valence-electron chi connectivity index (χ3n) is 3.48. The zero-order valence-corrected chi connectivity index (χ0v) is 12.3. The normalized spacial score (nSPS) is 18.8. The van der Waals surface area contributed by atoms with Gasteiger partial charge in [-0.25, -0.2) is 0 Å². The highest BCUT2D eigenvalue weighted by atomic mass is 16.3. The van der Waals surface area contributed by atoms with Gasteiger partial charge < -0.3 is 15.1 Å². The number of benzene rings is 1. The maximum Gasteiger partial charge on any atom is 0.290 e. The van der Waals surface area contributed by atoms with Crippen molar-refractivity contribution in [1.29, 1.82) is 0 Å². The molecule has 1 heterocycles. The lowest BCUT2D eigenvalue weighted by molar-refractivity contribution is -0.129. The summed E-state index contributed by atoms with van der Waals surface area (Å²) in [4.78, 5) is 25.5. The van der Waals surface area contributed by atoms with Crippen LogP contribution in [0.25, 0.3) is 0 Å². The van der Waals surface area contributed by atoms with E-state index in [1.165, 1.54) is 17.9 Å². The zero-order chi connectivity index (χ0) is 15.7. The van der Waals surface area contributed by atoms with Gasteiger partial charge in [0.2, 0.25) is 0 Å². The van der Waals surface area contributed by atoms with Crippen molar-refractivity contribution in [2.75, 3.05) is 6.54 Å². The first kappa shape index (κ1) is 15.1. The minimum absolute atomic E-state index is 0.00231. The molecule has 0 saturated carbocycles. The van der Waals surface area contributed by atoms with E-state index < -0.39 is 17.7 Å². The molecule has 0 bridgehead atoms. The molecule has 21 heavy (non-hydrogen) atoms. The van der Waals surface area contributed by atoms with Crippen molar-refractivity contribution in [2.24, 2.45) is 5.92 Å². The summed E-state index contributed by atoms with van der Waals surface area (Å²) in [5.74, 6) is -1.29. The van der Waals surface area contributed by atoms with Crippen LogP contribution in [0.1, 0.15) is 32.4 Å². The SMILES string of the molecule is CC(=O)C1=C(O)C(=O)N(CC(C)C)C1c1ccccc1O. The Labute approximate surface area is 123 Å². The predicted molar refractivity (Wildman–Crippen MR) is 77.7 cm³/mol. The third-order valence-corrected chi connectivity index (χ3v) is 3.48. The highest BCUT2D eigenvalue weighted by Gasteiger charge is 2.43. The molecule has 5 heteroatoms. The van der Waals surface area contributed by atoms with Crippen LogP contribution in [0.2, 0.25) is 0 Å². The molecule has 0 radical (unpaired) electrons. The van der Waals surface area contributed by atoms with Gasteiger partial charge in [0.15, 0.2) is 11.5 Å². The summed E-state index contributed by atoms with van der Waals surface area (Å²) in [7, 11) is 0. The van der Waals surface area contributed by atoms with Crippen molar-refractivity contribution >= 4 is 11.7 Å². The molecule has 1 aromatic carbocycles. The molecule has 2 N–H and O–H groups in total. The average molecular weight is 289 g/mol. The third kappa shape index (κ3) is 2.63. The highest BCUT2D eigenvalue weighted by molar-refractivity contribution is 6.08. The molecule has 0 aromatic heterocycles. The number of aliphatic hydroxyl groups is 1. The topological polar surface area (TPSA) is 77.8 Å². The van der Waals surface area contributed by atoms with Gasteiger partial charge in [-0.2, -0.15) is 0 Å². The first-order valence-electron chi connectivity index (χ1n) is 6.87. The van der Waals surface area contributed by atoms with E-state index in [0.29, 0.717) is 12.1 Å². The lowest BCUT2D eigenvalue weighted by Crippen LogP contribution is -2.34. The predicted octanol–water partition coefficient (Wildman–Crippen LogP) is 2.33. The molecule has 0 spiro atoms. The Kier molecular flexibility index (Phi) is 4.02. The Morgan fingerprint density at radius 1 is 1.29 bits per heavy atom. The molecule has 1 amide bonds. The van der Waals surface area contributed by atoms with Crippen molar-refractivity contribution < 1.29 is 19.8 Å². The lowest BCUT2D eigenvalue weighted by Gasteiger charge is -2.28. The molecule has 1 aromatic rings. The van der Waals surface area contributed by atoms with Crippen LogP contribution in [0, 0.1) is 5.92 Å². The van der Waals surface area contributed by atoms with Gasteiger partial charge in [0.1, 0.15) is 5.75 Å². The number of carbonyl (C=O) groups is 2. The molecular weight excluding hydrogens is 270 g/mol. The smallest absolute Gasteiger partial charge is 0.290 e. The Balaban J connectivity index is 2.57. The molecule has 0 saturated heterocycles. The minimum Gasteiger partial charge on any atom is -0.508 e. The van der Waals surface area contributed by atoms with Crippen LogP contribution >= 0.6 is 0 Å². The molecule has 1 atom stereocenters. The number of rotatable bonds is 4. The number of hydrogen-bond acceptors (Lipinski definition) is 4. The first-order valence-corrected chi connectivity index (χ1v) is 6.87. The highest BCUT2D eigenvalue weighted by Crippen LogP contribution is 2.41. The van der Waals surface area contributed by atoms with Crippen LogP contribution in [0.4, 0.5) is 0 Å². The van der Waals surface area contributed by atoms with E-state index in [-0.39, 0.29) is 23.0 Å². The van der Waals surface area contributed by atoms with E-state index in [1.807, 2.05) is 13.8 Å². The molecule has 0 fully saturated rings. The van der Waals surface area contributed by atoms with Crippen molar-refractivity contribution in [1.82, 2.24) is 4.90 Å². The fraction of sp³-hybridized carbons (Fsp3) is 0.375. The number of ketones is 1. The number of carbonyl (C=O) groups excluding carboxylic acids is 2. The van der Waals surface area contributed by atoms with E-state index in [1.54, 1.807) is 18.2 Å². The number of hydrogen-bond donors (Lipinski definition) is 2. The number of aromatic hydroxyl groups is 1. The molecular formula is C16H19NO4. The number of nitrogens with zero attached hydrogens (tertiary/aromatic N) is 1. The van der Waals surface area contributed by atoms with Crippen molar-refractivity contribution in [3.63, 3.8) is 0 Å². The second-order valence-electron chi connectivity index (χ2n) is 5.63. The second kappa shape index (κ2) is 5.60. The quantitative estimate of drug-likeness (QED) is 0.891. The number of amides is 1. The van der Waals surface area contributed by atoms with Crippen LogP contribution < -0.4 is 0 Å². The Hall–Kier alpha value is -2.30. The Bertz CT molecular complexity index is 618. The van der Waals surface area contributed by atoms with Gasteiger partial charge in [-0.1, -0.05) is 32.0 Å². The minimum atomic E-state index is -0.737. The van der Waals surface area contributed by atoms with Gasteiger partial charge in [-0.3, -0.25) is 9.59 Å². The summed E-state index contributed by atoms with van der Waals surface area (Å²) < 4.78 is 0. The number of aliphatic hydroxyl groups excluding tert-OH is 1. The fourth-order valence-electron chi connectivity index (χ4n) is 2.64.